The van der Waals surface area contributed by atoms with Crippen molar-refractivity contribution in [3.63, 3.8) is 0 Å². The number of amides is 1. The minimum atomic E-state index is -0.366. The average Bonchev–Trinajstić information content (AvgIpc) is 2.96. The molecule has 1 amide bonds. The summed E-state index contributed by atoms with van der Waals surface area (Å²) in [6.07, 6.45) is 4.31. The van der Waals surface area contributed by atoms with E-state index >= 15 is 0 Å². The fourth-order valence-corrected chi connectivity index (χ4v) is 4.30. The molecule has 0 atom stereocenters. The van der Waals surface area contributed by atoms with Crippen LogP contribution >= 0.6 is 11.6 Å². The Hall–Kier alpha value is -4.21. The van der Waals surface area contributed by atoms with E-state index in [1.165, 1.54) is 10.8 Å². The Morgan fingerprint density at radius 3 is 2.41 bits per heavy atom. The first-order valence-corrected chi connectivity index (χ1v) is 13.0. The highest BCUT2D eigenvalue weighted by molar-refractivity contribution is 6.30. The first-order valence-electron chi connectivity index (χ1n) is 12.6. The number of rotatable bonds is 8. The second-order valence-electron chi connectivity index (χ2n) is 9.28. The summed E-state index contributed by atoms with van der Waals surface area (Å²) >= 11 is 6.05. The third-order valence-corrected chi connectivity index (χ3v) is 6.63. The van der Waals surface area contributed by atoms with Crippen LogP contribution in [0.1, 0.15) is 24.1 Å². The Morgan fingerprint density at radius 1 is 1.00 bits per heavy atom. The van der Waals surface area contributed by atoms with Gasteiger partial charge in [-0.2, -0.15) is 0 Å². The van der Waals surface area contributed by atoms with Crippen molar-refractivity contribution < 1.29 is 14.3 Å². The Kier molecular flexibility index (Phi) is 8.19. The van der Waals surface area contributed by atoms with Gasteiger partial charge in [0.25, 0.3) is 5.56 Å². The van der Waals surface area contributed by atoms with E-state index in [0.717, 1.165) is 11.3 Å². The molecule has 9 nitrogen and oxygen atoms in total. The summed E-state index contributed by atoms with van der Waals surface area (Å²) in [6, 6.07) is 18.2. The number of carbonyl (C=O) groups excluding carboxylic acids is 1. The third-order valence-electron chi connectivity index (χ3n) is 6.38. The van der Waals surface area contributed by atoms with E-state index in [1.807, 2.05) is 55.5 Å². The van der Waals surface area contributed by atoms with Gasteiger partial charge < -0.3 is 20.1 Å². The Balaban J connectivity index is 1.38. The van der Waals surface area contributed by atoms with Gasteiger partial charge in [0.05, 0.1) is 18.9 Å². The van der Waals surface area contributed by atoms with E-state index in [1.54, 1.807) is 18.3 Å². The van der Waals surface area contributed by atoms with E-state index in [9.17, 15) is 9.59 Å². The average molecular weight is 546 g/mol. The smallest absolute Gasteiger partial charge is 0.279 e. The molecular formula is C29H28ClN5O4. The fraction of sp³-hybridized carbons (Fsp3) is 0.241. The van der Waals surface area contributed by atoms with Gasteiger partial charge in [-0.1, -0.05) is 23.7 Å². The molecule has 0 spiro atoms. The molecule has 4 aromatic rings. The summed E-state index contributed by atoms with van der Waals surface area (Å²) in [6.45, 7) is 3.21. The summed E-state index contributed by atoms with van der Waals surface area (Å²) in [7, 11) is 0. The van der Waals surface area contributed by atoms with Crippen LogP contribution < -0.4 is 20.9 Å². The van der Waals surface area contributed by atoms with Crippen molar-refractivity contribution in [2.24, 2.45) is 5.92 Å². The highest BCUT2D eigenvalue weighted by atomic mass is 35.5. The van der Waals surface area contributed by atoms with E-state index in [-0.39, 0.29) is 29.6 Å². The molecule has 2 aromatic carbocycles. The number of benzene rings is 2. The molecule has 0 unspecified atom stereocenters. The number of halogens is 1. The van der Waals surface area contributed by atoms with E-state index in [2.05, 4.69) is 20.6 Å². The summed E-state index contributed by atoms with van der Waals surface area (Å²) in [5.41, 5.74) is 2.24. The highest BCUT2D eigenvalue weighted by Gasteiger charge is 2.23. The van der Waals surface area contributed by atoms with Crippen LogP contribution in [-0.2, 0) is 16.1 Å². The van der Waals surface area contributed by atoms with Crippen LogP contribution in [0.5, 0.6) is 11.5 Å². The molecule has 1 aliphatic heterocycles. The minimum absolute atomic E-state index is 0.126. The number of ether oxygens (including phenoxy) is 2. The first kappa shape index (κ1) is 26.4. The molecule has 0 bridgehead atoms. The van der Waals surface area contributed by atoms with Gasteiger partial charge in [-0.15, -0.1) is 0 Å². The predicted octanol–water partition coefficient (Wildman–Crippen LogP) is 5.55. The minimum Gasteiger partial charge on any atom is -0.456 e. The number of carbonyl (C=O) groups is 1. The number of aromatic nitrogens is 3. The quantitative estimate of drug-likeness (QED) is 0.299. The summed E-state index contributed by atoms with van der Waals surface area (Å²) in [5, 5.41) is 6.60. The maximum atomic E-state index is 13.5. The normalized spacial score (nSPS) is 13.6. The third kappa shape index (κ3) is 6.81. The lowest BCUT2D eigenvalue weighted by Gasteiger charge is -2.21. The maximum absolute atomic E-state index is 13.5. The van der Waals surface area contributed by atoms with Gasteiger partial charge in [-0.3, -0.25) is 19.1 Å². The van der Waals surface area contributed by atoms with Crippen LogP contribution in [0.15, 0.2) is 77.9 Å². The molecule has 0 aliphatic carbocycles. The first-order chi connectivity index (χ1) is 18.9. The summed E-state index contributed by atoms with van der Waals surface area (Å²) in [5.74, 6) is 1.21. The highest BCUT2D eigenvalue weighted by Crippen LogP contribution is 2.24. The molecule has 2 aromatic heterocycles. The number of hydrogen-bond acceptors (Lipinski definition) is 7. The molecular weight excluding hydrogens is 518 g/mol. The van der Waals surface area contributed by atoms with Gasteiger partial charge in [-0.05, 0) is 73.9 Å². The number of hydrogen-bond donors (Lipinski definition) is 2. The number of nitrogens with one attached hydrogen (secondary N) is 2. The zero-order chi connectivity index (χ0) is 27.2. The maximum Gasteiger partial charge on any atom is 0.279 e. The number of aryl methyl sites for hydroxylation is 1. The molecule has 0 radical (unpaired) electrons. The topological polar surface area (TPSA) is 107 Å². The largest absolute Gasteiger partial charge is 0.456 e. The zero-order valence-corrected chi connectivity index (χ0v) is 22.1. The monoisotopic (exact) mass is 545 g/mol. The number of pyridine rings is 1. The Bertz CT molecular complexity index is 1480. The molecule has 0 saturated carbocycles. The summed E-state index contributed by atoms with van der Waals surface area (Å²) in [4.78, 5) is 35.1. The van der Waals surface area contributed by atoms with Gasteiger partial charge in [0.2, 0.25) is 11.9 Å². The SMILES string of the molecule is Cc1ccc(Oc2ccc(Nc3ncc(NC(=O)C4CCOCC4)c(=O)n3Cc3ccc(Cl)cc3)cc2)cn1. The van der Waals surface area contributed by atoms with Crippen LogP contribution in [0.2, 0.25) is 5.02 Å². The second-order valence-corrected chi connectivity index (χ2v) is 9.71. The van der Waals surface area contributed by atoms with Crippen molar-refractivity contribution >= 4 is 34.8 Å². The van der Waals surface area contributed by atoms with Crippen LogP contribution in [0, 0.1) is 12.8 Å². The Labute approximate surface area is 230 Å². The molecule has 10 heteroatoms. The van der Waals surface area contributed by atoms with Crippen molar-refractivity contribution in [2.75, 3.05) is 23.8 Å². The molecule has 1 saturated heterocycles. The van der Waals surface area contributed by atoms with Crippen molar-refractivity contribution in [3.8, 4) is 11.5 Å². The van der Waals surface area contributed by atoms with Crippen LogP contribution in [0.4, 0.5) is 17.3 Å². The van der Waals surface area contributed by atoms with Crippen molar-refractivity contribution in [1.82, 2.24) is 14.5 Å². The van der Waals surface area contributed by atoms with Crippen molar-refractivity contribution in [2.45, 2.75) is 26.3 Å². The van der Waals surface area contributed by atoms with Gasteiger partial charge in [0.1, 0.15) is 17.2 Å². The molecule has 1 fully saturated rings. The van der Waals surface area contributed by atoms with Crippen LogP contribution in [0.3, 0.4) is 0 Å². The van der Waals surface area contributed by atoms with Crippen molar-refractivity contribution in [1.29, 1.82) is 0 Å². The van der Waals surface area contributed by atoms with E-state index in [0.29, 0.717) is 54.2 Å². The number of nitrogens with zero attached hydrogens (tertiary/aromatic N) is 3. The van der Waals surface area contributed by atoms with Gasteiger partial charge >= 0.3 is 0 Å². The molecule has 200 valence electrons. The van der Waals surface area contributed by atoms with Gasteiger partial charge in [0.15, 0.2) is 0 Å². The lowest BCUT2D eigenvalue weighted by Crippen LogP contribution is -2.33. The molecule has 2 N–H and O–H groups in total. The van der Waals surface area contributed by atoms with Crippen molar-refractivity contribution in [3.05, 3.63) is 99.7 Å². The standard InChI is InChI=1S/C29H28ClN5O4/c1-19-2-9-25(16-31-19)39-24-10-7-23(8-11-24)33-29-32-17-26(34-27(36)21-12-14-38-15-13-21)28(37)35(29)18-20-3-5-22(30)6-4-20/h2-11,16-17,21H,12-15,18H2,1H3,(H,32,33)(H,34,36). The molecule has 5 rings (SSSR count). The fourth-order valence-electron chi connectivity index (χ4n) is 4.18. The predicted molar refractivity (Wildman–Crippen MR) is 150 cm³/mol. The lowest BCUT2D eigenvalue weighted by atomic mass is 9.99. The zero-order valence-electron chi connectivity index (χ0n) is 21.4. The summed E-state index contributed by atoms with van der Waals surface area (Å²) < 4.78 is 12.7. The number of anilines is 3. The Morgan fingerprint density at radius 2 is 1.72 bits per heavy atom. The molecule has 39 heavy (non-hydrogen) atoms. The van der Waals surface area contributed by atoms with Gasteiger partial charge in [0, 0.05) is 35.5 Å². The molecule has 3 heterocycles. The lowest BCUT2D eigenvalue weighted by molar-refractivity contribution is -0.122. The van der Waals surface area contributed by atoms with Gasteiger partial charge in [-0.25, -0.2) is 4.98 Å². The van der Waals surface area contributed by atoms with E-state index < -0.39 is 0 Å². The second kappa shape index (κ2) is 12.1. The van der Waals surface area contributed by atoms with E-state index in [4.69, 9.17) is 21.1 Å². The molecule has 1 aliphatic rings. The van der Waals surface area contributed by atoms with Crippen LogP contribution in [0.25, 0.3) is 0 Å². The van der Waals surface area contributed by atoms with Crippen LogP contribution in [-0.4, -0.2) is 33.7 Å².